The number of nitrogens with one attached hydrogen (secondary N) is 1. The molecule has 26 heavy (non-hydrogen) atoms. The number of rotatable bonds is 7. The van der Waals surface area contributed by atoms with Crippen molar-refractivity contribution in [2.24, 2.45) is 5.92 Å². The van der Waals surface area contributed by atoms with Crippen molar-refractivity contribution in [2.45, 2.75) is 33.1 Å². The van der Waals surface area contributed by atoms with Crippen molar-refractivity contribution < 1.29 is 8.42 Å². The van der Waals surface area contributed by atoms with Crippen LogP contribution in [0.25, 0.3) is 0 Å². The molecular weight excluding hydrogens is 368 g/mol. The van der Waals surface area contributed by atoms with Gasteiger partial charge in [-0.2, -0.15) is 4.37 Å². The first-order valence-electron chi connectivity index (χ1n) is 9.05. The van der Waals surface area contributed by atoms with Crippen LogP contribution in [0.15, 0.2) is 24.3 Å². The number of hydrogen-bond acceptors (Lipinski definition) is 6. The van der Waals surface area contributed by atoms with Gasteiger partial charge in [0.2, 0.25) is 15.2 Å². The second-order valence-electron chi connectivity index (χ2n) is 6.84. The van der Waals surface area contributed by atoms with Gasteiger partial charge in [-0.15, -0.1) is 0 Å². The molecule has 0 radical (unpaired) electrons. The molecule has 1 aromatic carbocycles. The second-order valence-corrected chi connectivity index (χ2v) is 9.66. The topological polar surface area (TPSA) is 75.2 Å². The fraction of sp³-hybridized carbons (Fsp3) is 0.556. The number of benzene rings is 1. The summed E-state index contributed by atoms with van der Waals surface area (Å²) in [6.45, 7) is 6.09. The first kappa shape index (κ1) is 19.3. The van der Waals surface area contributed by atoms with Gasteiger partial charge in [0.15, 0.2) is 0 Å². The Bertz CT molecular complexity index is 810. The molecule has 0 unspecified atom stereocenters. The molecule has 3 rings (SSSR count). The molecule has 142 valence electrons. The van der Waals surface area contributed by atoms with Crippen LogP contribution in [0.2, 0.25) is 0 Å². The van der Waals surface area contributed by atoms with Crippen molar-refractivity contribution in [3.8, 4) is 0 Å². The molecule has 0 saturated carbocycles. The van der Waals surface area contributed by atoms with Crippen molar-refractivity contribution in [1.82, 2.24) is 14.1 Å². The van der Waals surface area contributed by atoms with Gasteiger partial charge in [0.05, 0.1) is 5.75 Å². The van der Waals surface area contributed by atoms with Gasteiger partial charge in [-0.05, 0) is 38.2 Å². The van der Waals surface area contributed by atoms with Crippen LogP contribution >= 0.6 is 11.5 Å². The summed E-state index contributed by atoms with van der Waals surface area (Å²) in [5.41, 5.74) is 2.48. The molecule has 1 aromatic heterocycles. The summed E-state index contributed by atoms with van der Waals surface area (Å²) in [4.78, 5) is 6.96. The molecule has 1 N–H and O–H groups in total. The van der Waals surface area contributed by atoms with Gasteiger partial charge in [0.25, 0.3) is 0 Å². The number of nitrogens with zero attached hydrogens (tertiary/aromatic N) is 3. The highest BCUT2D eigenvalue weighted by molar-refractivity contribution is 7.89. The highest BCUT2D eigenvalue weighted by Crippen LogP contribution is 2.25. The van der Waals surface area contributed by atoms with Crippen LogP contribution in [0.1, 0.15) is 36.7 Å². The Kier molecular flexibility index (Phi) is 6.26. The van der Waals surface area contributed by atoms with E-state index >= 15 is 0 Å². The Balaban J connectivity index is 1.50. The molecule has 1 aliphatic rings. The van der Waals surface area contributed by atoms with Crippen molar-refractivity contribution in [3.05, 3.63) is 41.2 Å². The SMILES string of the molecule is CCS(=O)(=O)NCC1CCN(c2nc(Cc3ccc(C)cc3)ns2)CC1. The third kappa shape index (κ3) is 5.25. The lowest BCUT2D eigenvalue weighted by Gasteiger charge is -2.31. The van der Waals surface area contributed by atoms with Gasteiger partial charge >= 0.3 is 0 Å². The number of hydrogen-bond donors (Lipinski definition) is 1. The molecule has 2 aromatic rings. The van der Waals surface area contributed by atoms with Crippen LogP contribution in [0.4, 0.5) is 5.13 Å². The van der Waals surface area contributed by atoms with Gasteiger partial charge < -0.3 is 4.90 Å². The van der Waals surface area contributed by atoms with E-state index in [1.54, 1.807) is 6.92 Å². The van der Waals surface area contributed by atoms with Gasteiger partial charge in [0, 0.05) is 37.6 Å². The highest BCUT2D eigenvalue weighted by atomic mass is 32.2. The van der Waals surface area contributed by atoms with Crippen molar-refractivity contribution in [1.29, 1.82) is 0 Å². The third-order valence-electron chi connectivity index (χ3n) is 4.80. The molecule has 0 atom stereocenters. The zero-order valence-electron chi connectivity index (χ0n) is 15.3. The van der Waals surface area contributed by atoms with E-state index in [4.69, 9.17) is 4.98 Å². The number of sulfonamides is 1. The monoisotopic (exact) mass is 394 g/mol. The number of anilines is 1. The van der Waals surface area contributed by atoms with E-state index in [0.29, 0.717) is 12.5 Å². The molecule has 1 fully saturated rings. The Morgan fingerprint density at radius 2 is 1.92 bits per heavy atom. The zero-order valence-corrected chi connectivity index (χ0v) is 16.9. The average Bonchev–Trinajstić information content (AvgIpc) is 3.11. The largest absolute Gasteiger partial charge is 0.347 e. The molecule has 0 amide bonds. The van der Waals surface area contributed by atoms with Crippen molar-refractivity contribution in [2.75, 3.05) is 30.3 Å². The highest BCUT2D eigenvalue weighted by Gasteiger charge is 2.23. The molecule has 6 nitrogen and oxygen atoms in total. The lowest BCUT2D eigenvalue weighted by molar-refractivity contribution is 0.402. The lowest BCUT2D eigenvalue weighted by atomic mass is 9.97. The van der Waals surface area contributed by atoms with E-state index in [9.17, 15) is 8.42 Å². The molecule has 1 saturated heterocycles. The van der Waals surface area contributed by atoms with Crippen LogP contribution in [0.5, 0.6) is 0 Å². The molecule has 8 heteroatoms. The minimum absolute atomic E-state index is 0.139. The number of piperidine rings is 1. The fourth-order valence-electron chi connectivity index (χ4n) is 3.01. The van der Waals surface area contributed by atoms with E-state index in [1.807, 2.05) is 0 Å². The average molecular weight is 395 g/mol. The standard InChI is InChI=1S/C18H26N4O2S2/c1-3-26(23,24)19-13-16-8-10-22(11-9-16)18-20-17(21-25-18)12-15-6-4-14(2)5-7-15/h4-7,16,19H,3,8-13H2,1-2H3. The summed E-state index contributed by atoms with van der Waals surface area (Å²) < 4.78 is 30.3. The minimum atomic E-state index is -3.10. The van der Waals surface area contributed by atoms with E-state index in [2.05, 4.69) is 45.2 Å². The van der Waals surface area contributed by atoms with Crippen LogP contribution < -0.4 is 9.62 Å². The summed E-state index contributed by atoms with van der Waals surface area (Å²) in [5, 5.41) is 0.972. The van der Waals surface area contributed by atoms with Crippen LogP contribution in [-0.4, -0.2) is 43.2 Å². The van der Waals surface area contributed by atoms with E-state index in [0.717, 1.165) is 43.3 Å². The van der Waals surface area contributed by atoms with Gasteiger partial charge in [-0.1, -0.05) is 29.8 Å². The Hall–Kier alpha value is -1.51. The Labute approximate surface area is 159 Å². The Morgan fingerprint density at radius 3 is 2.58 bits per heavy atom. The van der Waals surface area contributed by atoms with Crippen LogP contribution in [-0.2, 0) is 16.4 Å². The predicted molar refractivity (Wildman–Crippen MR) is 106 cm³/mol. The molecule has 0 aliphatic carbocycles. The zero-order chi connectivity index (χ0) is 18.6. The van der Waals surface area contributed by atoms with Crippen LogP contribution in [0, 0.1) is 12.8 Å². The minimum Gasteiger partial charge on any atom is -0.347 e. The third-order valence-corrected chi connectivity index (χ3v) is 6.98. The first-order chi connectivity index (χ1) is 12.4. The lowest BCUT2D eigenvalue weighted by Crippen LogP contribution is -2.39. The predicted octanol–water partition coefficient (Wildman–Crippen LogP) is 2.59. The van der Waals surface area contributed by atoms with Crippen LogP contribution in [0.3, 0.4) is 0 Å². The first-order valence-corrected chi connectivity index (χ1v) is 11.5. The molecule has 1 aliphatic heterocycles. The van der Waals surface area contributed by atoms with Gasteiger partial charge in [-0.25, -0.2) is 18.1 Å². The van der Waals surface area contributed by atoms with E-state index < -0.39 is 10.0 Å². The maximum absolute atomic E-state index is 11.6. The maximum Gasteiger partial charge on any atom is 0.211 e. The summed E-state index contributed by atoms with van der Waals surface area (Å²) in [5.74, 6) is 1.40. The molecular formula is C18H26N4O2S2. The molecule has 2 heterocycles. The second kappa shape index (κ2) is 8.45. The van der Waals surface area contributed by atoms with Gasteiger partial charge in [-0.3, -0.25) is 0 Å². The summed E-state index contributed by atoms with van der Waals surface area (Å²) in [6.07, 6.45) is 2.70. The maximum atomic E-state index is 11.6. The fourth-order valence-corrected chi connectivity index (χ4v) is 4.44. The quantitative estimate of drug-likeness (QED) is 0.781. The van der Waals surface area contributed by atoms with Crippen molar-refractivity contribution in [3.63, 3.8) is 0 Å². The smallest absolute Gasteiger partial charge is 0.211 e. The normalized spacial score (nSPS) is 16.2. The number of aryl methyl sites for hydroxylation is 1. The van der Waals surface area contributed by atoms with E-state index in [-0.39, 0.29) is 5.75 Å². The van der Waals surface area contributed by atoms with Crippen molar-refractivity contribution >= 4 is 26.7 Å². The summed E-state index contributed by atoms with van der Waals surface area (Å²) in [6, 6.07) is 8.47. The molecule has 0 bridgehead atoms. The number of aromatic nitrogens is 2. The summed E-state index contributed by atoms with van der Waals surface area (Å²) in [7, 11) is -3.10. The Morgan fingerprint density at radius 1 is 1.23 bits per heavy atom. The van der Waals surface area contributed by atoms with Gasteiger partial charge in [0.1, 0.15) is 5.82 Å². The molecule has 0 spiro atoms. The summed E-state index contributed by atoms with van der Waals surface area (Å²) >= 11 is 1.45. The van der Waals surface area contributed by atoms with E-state index in [1.165, 1.54) is 22.7 Å².